The Morgan fingerprint density at radius 1 is 0.971 bits per heavy atom. The highest BCUT2D eigenvalue weighted by Gasteiger charge is 2.44. The van der Waals surface area contributed by atoms with Crippen molar-refractivity contribution in [1.29, 1.82) is 0 Å². The van der Waals surface area contributed by atoms with Crippen molar-refractivity contribution in [1.82, 2.24) is 0 Å². The minimum Gasteiger partial charge on any atom is -0.469 e. The topological polar surface area (TPSA) is 44.8 Å². The summed E-state index contributed by atoms with van der Waals surface area (Å²) in [5, 5.41) is 0.140. The van der Waals surface area contributed by atoms with E-state index in [-0.39, 0.29) is 28.3 Å². The van der Waals surface area contributed by atoms with Crippen LogP contribution < -0.4 is 0 Å². The molecule has 0 bridgehead atoms. The maximum Gasteiger partial charge on any atom is 0.305 e. The van der Waals surface area contributed by atoms with Gasteiger partial charge in [0.2, 0.25) is 0 Å². The molecule has 0 heterocycles. The van der Waals surface area contributed by atoms with E-state index in [0.29, 0.717) is 12.8 Å². The number of hydrogen-bond acceptors (Lipinski definition) is 4. The second-order valence-corrected chi connectivity index (χ2v) is 22.5. The van der Waals surface area contributed by atoms with Gasteiger partial charge < -0.3 is 13.6 Å². The van der Waals surface area contributed by atoms with Crippen molar-refractivity contribution in [3.8, 4) is 0 Å². The summed E-state index contributed by atoms with van der Waals surface area (Å²) in [5.74, 6) is -0.184. The van der Waals surface area contributed by atoms with Crippen LogP contribution in [-0.4, -0.2) is 41.9 Å². The molecular weight excluding hydrogens is 524 g/mol. The van der Waals surface area contributed by atoms with Gasteiger partial charge in [-0.2, -0.15) is 0 Å². The number of carbonyl (C=O) groups excluding carboxylic acids is 1. The van der Waals surface area contributed by atoms with E-state index in [1.165, 1.54) is 7.11 Å². The largest absolute Gasteiger partial charge is 0.469 e. The van der Waals surface area contributed by atoms with E-state index in [0.717, 1.165) is 16.5 Å². The molecule has 1 rings (SSSR count). The molecule has 194 valence electrons. The van der Waals surface area contributed by atoms with E-state index in [2.05, 4.69) is 102 Å². The van der Waals surface area contributed by atoms with Gasteiger partial charge in [-0.05, 0) is 60.7 Å². The number of rotatable bonds is 11. The molecule has 0 aliphatic rings. The zero-order valence-corrected chi connectivity index (χ0v) is 26.8. The van der Waals surface area contributed by atoms with E-state index in [4.69, 9.17) is 13.6 Å². The molecular formula is C27H47BrO4Si2. The van der Waals surface area contributed by atoms with Crippen molar-refractivity contribution in [2.75, 3.05) is 7.11 Å². The lowest BCUT2D eigenvalue weighted by Crippen LogP contribution is -2.51. The summed E-state index contributed by atoms with van der Waals surface area (Å²) in [4.78, 5) is 11.8. The van der Waals surface area contributed by atoms with E-state index < -0.39 is 16.6 Å². The number of esters is 1. The predicted molar refractivity (Wildman–Crippen MR) is 153 cm³/mol. The number of halogens is 1. The van der Waals surface area contributed by atoms with Crippen molar-refractivity contribution in [3.63, 3.8) is 0 Å². The Balaban J connectivity index is 3.41. The van der Waals surface area contributed by atoms with Gasteiger partial charge in [0.1, 0.15) is 0 Å². The molecule has 34 heavy (non-hydrogen) atoms. The molecule has 0 radical (unpaired) electrons. The average molecular weight is 572 g/mol. The lowest BCUT2D eigenvalue weighted by Gasteiger charge is -2.44. The molecule has 0 N–H and O–H groups in total. The van der Waals surface area contributed by atoms with Crippen LogP contribution in [0.25, 0.3) is 6.08 Å². The molecule has 0 spiro atoms. The summed E-state index contributed by atoms with van der Waals surface area (Å²) in [6.07, 6.45) is 5.76. The summed E-state index contributed by atoms with van der Waals surface area (Å²) in [6, 6.07) is 8.18. The molecule has 1 aromatic carbocycles. The molecule has 0 fully saturated rings. The van der Waals surface area contributed by atoms with Crippen LogP contribution in [0.1, 0.15) is 66.4 Å². The van der Waals surface area contributed by atoms with Gasteiger partial charge in [0.15, 0.2) is 16.6 Å². The Labute approximate surface area is 219 Å². The molecule has 0 saturated heterocycles. The first-order valence-corrected chi connectivity index (χ1v) is 18.9. The highest BCUT2D eigenvalue weighted by atomic mass is 79.9. The quantitative estimate of drug-likeness (QED) is 0.197. The molecule has 7 heteroatoms. The Morgan fingerprint density at radius 3 is 2.00 bits per heavy atom. The van der Waals surface area contributed by atoms with Crippen LogP contribution in [0.3, 0.4) is 0 Å². The Morgan fingerprint density at radius 2 is 1.50 bits per heavy atom. The van der Waals surface area contributed by atoms with Gasteiger partial charge in [-0.1, -0.05) is 87.8 Å². The van der Waals surface area contributed by atoms with Crippen LogP contribution >= 0.6 is 15.9 Å². The number of benzene rings is 1. The summed E-state index contributed by atoms with van der Waals surface area (Å²) in [7, 11) is -2.73. The first-order valence-electron chi connectivity index (χ1n) is 12.3. The standard InChI is InChI=1S/C27H47BrO4Si2/c1-26(2,3)33(8,9)31-23(17-14-18-25(29)30-7)24(32-34(10,11)27(4,5)6)20-19-21-15-12-13-16-22(21)28/h12-13,15-16,19-20,23-24H,14,17-18H2,1-11H3. The zero-order valence-electron chi connectivity index (χ0n) is 23.3. The number of methoxy groups -OCH3 is 1. The van der Waals surface area contributed by atoms with Gasteiger partial charge in [0, 0.05) is 10.9 Å². The Bertz CT molecular complexity index is 823. The lowest BCUT2D eigenvalue weighted by molar-refractivity contribution is -0.140. The fraction of sp³-hybridized carbons (Fsp3) is 0.667. The van der Waals surface area contributed by atoms with Crippen molar-refractivity contribution < 1.29 is 18.4 Å². The minimum absolute atomic E-state index is 0.0694. The minimum atomic E-state index is -2.09. The second-order valence-electron chi connectivity index (χ2n) is 12.1. The van der Waals surface area contributed by atoms with Crippen molar-refractivity contribution in [2.45, 2.75) is 109 Å². The van der Waals surface area contributed by atoms with E-state index in [1.54, 1.807) is 0 Å². The van der Waals surface area contributed by atoms with Crippen LogP contribution in [0, 0.1) is 0 Å². The monoisotopic (exact) mass is 570 g/mol. The lowest BCUT2D eigenvalue weighted by atomic mass is 10.1. The fourth-order valence-corrected chi connectivity index (χ4v) is 6.00. The first kappa shape index (κ1) is 31.3. The molecule has 0 aliphatic heterocycles. The normalized spacial score (nSPS) is 15.4. The van der Waals surface area contributed by atoms with Gasteiger partial charge >= 0.3 is 5.97 Å². The van der Waals surface area contributed by atoms with E-state index in [9.17, 15) is 4.79 Å². The van der Waals surface area contributed by atoms with Gasteiger partial charge in [0.25, 0.3) is 0 Å². The molecule has 0 aromatic heterocycles. The third-order valence-corrected chi connectivity index (χ3v) is 17.0. The molecule has 2 atom stereocenters. The molecule has 0 aliphatic carbocycles. The van der Waals surface area contributed by atoms with Crippen molar-refractivity contribution in [2.24, 2.45) is 0 Å². The van der Waals surface area contributed by atoms with Gasteiger partial charge in [-0.25, -0.2) is 0 Å². The van der Waals surface area contributed by atoms with Crippen LogP contribution in [-0.2, 0) is 18.4 Å². The molecule has 1 aromatic rings. The summed E-state index contributed by atoms with van der Waals surface area (Å²) >= 11 is 3.66. The second kappa shape index (κ2) is 12.5. The van der Waals surface area contributed by atoms with Crippen LogP contribution in [0.5, 0.6) is 0 Å². The van der Waals surface area contributed by atoms with Crippen LogP contribution in [0.4, 0.5) is 0 Å². The number of ether oxygens (including phenoxy) is 1. The summed E-state index contributed by atoms with van der Waals surface area (Å²) in [6.45, 7) is 22.7. The summed E-state index contributed by atoms with van der Waals surface area (Å²) < 4.78 is 19.9. The predicted octanol–water partition coefficient (Wildman–Crippen LogP) is 8.59. The highest BCUT2D eigenvalue weighted by Crippen LogP contribution is 2.41. The van der Waals surface area contributed by atoms with Crippen molar-refractivity contribution in [3.05, 3.63) is 40.4 Å². The third-order valence-electron chi connectivity index (χ3n) is 7.32. The van der Waals surface area contributed by atoms with E-state index in [1.807, 2.05) is 18.2 Å². The van der Waals surface area contributed by atoms with E-state index >= 15 is 0 Å². The SMILES string of the molecule is COC(=O)CCCC(O[Si](C)(C)C(C)(C)C)C(C=Cc1ccccc1Br)O[Si](C)(C)C(C)(C)C. The van der Waals surface area contributed by atoms with Crippen molar-refractivity contribution >= 4 is 44.6 Å². The number of carbonyl (C=O) groups is 1. The average Bonchev–Trinajstić information content (AvgIpc) is 2.69. The van der Waals surface area contributed by atoms with Gasteiger partial charge in [-0.3, -0.25) is 4.79 Å². The Kier molecular flexibility index (Phi) is 11.5. The molecule has 4 nitrogen and oxygen atoms in total. The third kappa shape index (κ3) is 9.38. The Hall–Kier alpha value is -0.736. The van der Waals surface area contributed by atoms with Crippen LogP contribution in [0.15, 0.2) is 34.8 Å². The zero-order chi connectivity index (χ0) is 26.4. The molecule has 0 saturated carbocycles. The number of hydrogen-bond donors (Lipinski definition) is 0. The summed E-state index contributed by atoms with van der Waals surface area (Å²) in [5.41, 5.74) is 1.10. The van der Waals surface area contributed by atoms with Crippen LogP contribution in [0.2, 0.25) is 36.3 Å². The molecule has 2 unspecified atom stereocenters. The highest BCUT2D eigenvalue weighted by molar-refractivity contribution is 9.10. The van der Waals surface area contributed by atoms with Gasteiger partial charge in [-0.15, -0.1) is 0 Å². The van der Waals surface area contributed by atoms with Gasteiger partial charge in [0.05, 0.1) is 19.3 Å². The first-order chi connectivity index (χ1) is 15.4. The fourth-order valence-electron chi connectivity index (χ4n) is 2.96. The maximum absolute atomic E-state index is 11.8. The smallest absolute Gasteiger partial charge is 0.305 e. The maximum atomic E-state index is 11.8. The molecule has 0 amide bonds.